The normalized spacial score (nSPS) is 19.3. The van der Waals surface area contributed by atoms with Crippen molar-refractivity contribution in [2.45, 2.75) is 19.3 Å². The Bertz CT molecular complexity index is 556. The summed E-state index contributed by atoms with van der Waals surface area (Å²) >= 11 is 6.01. The fraction of sp³-hybridized carbons (Fsp3) is 0.357. The van der Waals surface area contributed by atoms with Crippen molar-refractivity contribution in [2.24, 2.45) is 0 Å². The average Bonchev–Trinajstić information content (AvgIpc) is 2.98. The lowest BCUT2D eigenvalue weighted by Gasteiger charge is -2.15. The molecule has 3 rings (SSSR count). The molecule has 18 heavy (non-hydrogen) atoms. The Kier molecular flexibility index (Phi) is 3.10. The van der Waals surface area contributed by atoms with Crippen LogP contribution in [-0.4, -0.2) is 22.6 Å². The molecule has 1 aliphatic heterocycles. The van der Waals surface area contributed by atoms with E-state index in [1.54, 1.807) is 0 Å². The SMILES string of the molecule is Cc1cc(Cl)ccc1-n1cncc1C1CCNC1. The average molecular weight is 262 g/mol. The minimum atomic E-state index is 0.558. The largest absolute Gasteiger partial charge is 0.316 e. The molecular weight excluding hydrogens is 246 g/mol. The smallest absolute Gasteiger partial charge is 0.0994 e. The Labute approximate surface area is 112 Å². The van der Waals surface area contributed by atoms with Crippen LogP contribution in [0.4, 0.5) is 0 Å². The zero-order chi connectivity index (χ0) is 12.5. The highest BCUT2D eigenvalue weighted by Crippen LogP contribution is 2.27. The minimum absolute atomic E-state index is 0.558. The molecule has 0 saturated carbocycles. The quantitative estimate of drug-likeness (QED) is 0.901. The highest BCUT2D eigenvalue weighted by atomic mass is 35.5. The van der Waals surface area contributed by atoms with Crippen LogP contribution in [0.2, 0.25) is 5.02 Å². The van der Waals surface area contributed by atoms with Gasteiger partial charge in [-0.15, -0.1) is 0 Å². The predicted octanol–water partition coefficient (Wildman–Crippen LogP) is 2.91. The van der Waals surface area contributed by atoms with Gasteiger partial charge in [0.15, 0.2) is 0 Å². The number of aryl methyl sites for hydroxylation is 1. The molecule has 1 aromatic carbocycles. The van der Waals surface area contributed by atoms with Crippen molar-refractivity contribution in [2.75, 3.05) is 13.1 Å². The van der Waals surface area contributed by atoms with Crippen molar-refractivity contribution in [3.05, 3.63) is 47.0 Å². The third-order valence-corrected chi connectivity index (χ3v) is 3.80. The zero-order valence-electron chi connectivity index (χ0n) is 10.4. The van der Waals surface area contributed by atoms with E-state index in [4.69, 9.17) is 11.6 Å². The van der Waals surface area contributed by atoms with Crippen LogP contribution < -0.4 is 5.32 Å². The summed E-state index contributed by atoms with van der Waals surface area (Å²) in [5, 5.41) is 4.18. The summed E-state index contributed by atoms with van der Waals surface area (Å²) in [5.41, 5.74) is 3.62. The molecule has 0 radical (unpaired) electrons. The van der Waals surface area contributed by atoms with Crippen molar-refractivity contribution >= 4 is 11.6 Å². The molecule has 1 saturated heterocycles. The lowest BCUT2D eigenvalue weighted by atomic mass is 10.0. The van der Waals surface area contributed by atoms with Gasteiger partial charge in [-0.1, -0.05) is 11.6 Å². The highest BCUT2D eigenvalue weighted by molar-refractivity contribution is 6.30. The van der Waals surface area contributed by atoms with Gasteiger partial charge in [0.1, 0.15) is 0 Å². The van der Waals surface area contributed by atoms with Crippen LogP contribution in [0.1, 0.15) is 23.6 Å². The van der Waals surface area contributed by atoms with Crippen molar-refractivity contribution in [3.8, 4) is 5.69 Å². The van der Waals surface area contributed by atoms with E-state index in [-0.39, 0.29) is 0 Å². The van der Waals surface area contributed by atoms with E-state index in [9.17, 15) is 0 Å². The standard InChI is InChI=1S/C14H16ClN3/c1-10-6-12(15)2-3-13(10)18-9-17-8-14(18)11-4-5-16-7-11/h2-3,6,8-9,11,16H,4-5,7H2,1H3. The van der Waals surface area contributed by atoms with Crippen molar-refractivity contribution in [3.63, 3.8) is 0 Å². The Balaban J connectivity index is 2.03. The van der Waals surface area contributed by atoms with Crippen molar-refractivity contribution < 1.29 is 0 Å². The second kappa shape index (κ2) is 4.75. The number of halogens is 1. The van der Waals surface area contributed by atoms with Gasteiger partial charge in [0.05, 0.1) is 6.33 Å². The number of rotatable bonds is 2. The molecule has 1 aliphatic rings. The number of imidazole rings is 1. The van der Waals surface area contributed by atoms with E-state index < -0.39 is 0 Å². The minimum Gasteiger partial charge on any atom is -0.316 e. The molecule has 1 atom stereocenters. The predicted molar refractivity (Wildman–Crippen MR) is 73.5 cm³/mol. The summed E-state index contributed by atoms with van der Waals surface area (Å²) < 4.78 is 2.18. The first kappa shape index (κ1) is 11.8. The Morgan fingerprint density at radius 1 is 1.44 bits per heavy atom. The first-order valence-electron chi connectivity index (χ1n) is 6.25. The first-order chi connectivity index (χ1) is 8.75. The summed E-state index contributed by atoms with van der Waals surface area (Å²) in [6, 6.07) is 5.99. The summed E-state index contributed by atoms with van der Waals surface area (Å²) in [6.07, 6.45) is 5.05. The van der Waals surface area contributed by atoms with Gasteiger partial charge in [-0.25, -0.2) is 4.98 Å². The number of aromatic nitrogens is 2. The van der Waals surface area contributed by atoms with Gasteiger partial charge in [-0.05, 0) is 43.7 Å². The van der Waals surface area contributed by atoms with Crippen LogP contribution in [0.25, 0.3) is 5.69 Å². The number of nitrogens with one attached hydrogen (secondary N) is 1. The lowest BCUT2D eigenvalue weighted by molar-refractivity contribution is 0.713. The van der Waals surface area contributed by atoms with Gasteiger partial charge >= 0.3 is 0 Å². The monoisotopic (exact) mass is 261 g/mol. The van der Waals surface area contributed by atoms with Crippen molar-refractivity contribution in [1.29, 1.82) is 0 Å². The maximum Gasteiger partial charge on any atom is 0.0994 e. The van der Waals surface area contributed by atoms with Gasteiger partial charge < -0.3 is 9.88 Å². The van der Waals surface area contributed by atoms with E-state index in [1.165, 1.54) is 23.4 Å². The van der Waals surface area contributed by atoms with Crippen LogP contribution in [0, 0.1) is 6.92 Å². The zero-order valence-corrected chi connectivity index (χ0v) is 11.1. The van der Waals surface area contributed by atoms with Gasteiger partial charge in [0.25, 0.3) is 0 Å². The Hall–Kier alpha value is -1.32. The molecule has 0 bridgehead atoms. The third kappa shape index (κ3) is 2.04. The number of benzene rings is 1. The molecule has 1 N–H and O–H groups in total. The summed E-state index contributed by atoms with van der Waals surface area (Å²) in [4.78, 5) is 4.31. The van der Waals surface area contributed by atoms with Gasteiger partial charge in [0, 0.05) is 35.1 Å². The van der Waals surface area contributed by atoms with E-state index in [0.717, 1.165) is 18.1 Å². The summed E-state index contributed by atoms with van der Waals surface area (Å²) in [5.74, 6) is 0.558. The molecule has 4 heteroatoms. The topological polar surface area (TPSA) is 29.9 Å². The van der Waals surface area contributed by atoms with Gasteiger partial charge in [-0.3, -0.25) is 0 Å². The molecule has 0 amide bonds. The molecule has 2 heterocycles. The molecule has 94 valence electrons. The Morgan fingerprint density at radius 3 is 3.06 bits per heavy atom. The van der Waals surface area contributed by atoms with E-state index in [2.05, 4.69) is 27.9 Å². The van der Waals surface area contributed by atoms with E-state index in [0.29, 0.717) is 5.92 Å². The highest BCUT2D eigenvalue weighted by Gasteiger charge is 2.21. The first-order valence-corrected chi connectivity index (χ1v) is 6.63. The number of nitrogens with zero attached hydrogens (tertiary/aromatic N) is 2. The molecule has 1 aromatic heterocycles. The van der Waals surface area contributed by atoms with E-state index in [1.807, 2.05) is 24.7 Å². The molecule has 1 unspecified atom stereocenters. The molecular formula is C14H16ClN3. The fourth-order valence-corrected chi connectivity index (χ4v) is 2.83. The molecule has 3 nitrogen and oxygen atoms in total. The maximum absolute atomic E-state index is 6.01. The van der Waals surface area contributed by atoms with Crippen LogP contribution in [-0.2, 0) is 0 Å². The lowest BCUT2D eigenvalue weighted by Crippen LogP contribution is -2.11. The van der Waals surface area contributed by atoms with Crippen LogP contribution >= 0.6 is 11.6 Å². The second-order valence-corrected chi connectivity index (χ2v) is 5.25. The van der Waals surface area contributed by atoms with Gasteiger partial charge in [0.2, 0.25) is 0 Å². The molecule has 1 fully saturated rings. The van der Waals surface area contributed by atoms with Crippen LogP contribution in [0.15, 0.2) is 30.7 Å². The molecule has 0 aliphatic carbocycles. The van der Waals surface area contributed by atoms with E-state index >= 15 is 0 Å². The molecule has 2 aromatic rings. The van der Waals surface area contributed by atoms with Gasteiger partial charge in [-0.2, -0.15) is 0 Å². The number of hydrogen-bond donors (Lipinski definition) is 1. The van der Waals surface area contributed by atoms with Crippen LogP contribution in [0.5, 0.6) is 0 Å². The number of hydrogen-bond acceptors (Lipinski definition) is 2. The second-order valence-electron chi connectivity index (χ2n) is 4.81. The maximum atomic E-state index is 6.01. The fourth-order valence-electron chi connectivity index (χ4n) is 2.60. The summed E-state index contributed by atoms with van der Waals surface area (Å²) in [7, 11) is 0. The summed E-state index contributed by atoms with van der Waals surface area (Å²) in [6.45, 7) is 4.21. The van der Waals surface area contributed by atoms with Crippen LogP contribution in [0.3, 0.4) is 0 Å². The molecule has 0 spiro atoms. The van der Waals surface area contributed by atoms with Crippen molar-refractivity contribution in [1.82, 2.24) is 14.9 Å². The third-order valence-electron chi connectivity index (χ3n) is 3.56. The Morgan fingerprint density at radius 2 is 2.33 bits per heavy atom.